The van der Waals surface area contributed by atoms with Crippen LogP contribution in [0, 0.1) is 5.92 Å². The Morgan fingerprint density at radius 2 is 2.11 bits per heavy atom. The Morgan fingerprint density at radius 1 is 1.42 bits per heavy atom. The Balaban J connectivity index is 2.16. The van der Waals surface area contributed by atoms with Crippen LogP contribution in [0.25, 0.3) is 0 Å². The monoisotopic (exact) mass is 280 g/mol. The van der Waals surface area contributed by atoms with Crippen LogP contribution in [-0.4, -0.2) is 36.5 Å². The minimum atomic E-state index is 0.110. The minimum absolute atomic E-state index is 0.110. The third kappa shape index (κ3) is 3.71. The molecule has 4 heteroatoms. The molecule has 2 rings (SSSR count). The van der Waals surface area contributed by atoms with E-state index in [0.717, 1.165) is 31.6 Å². The van der Waals surface area contributed by atoms with E-state index in [-0.39, 0.29) is 5.91 Å². The number of carbonyl (C=O) groups is 1. The van der Waals surface area contributed by atoms with E-state index >= 15 is 0 Å². The lowest BCUT2D eigenvalue weighted by Gasteiger charge is -2.30. The summed E-state index contributed by atoms with van der Waals surface area (Å²) >= 11 is 5.87. The van der Waals surface area contributed by atoms with Gasteiger partial charge >= 0.3 is 0 Å². The summed E-state index contributed by atoms with van der Waals surface area (Å²) in [5.41, 5.74) is 0.719. The van der Waals surface area contributed by atoms with Gasteiger partial charge in [0.05, 0.1) is 0 Å². The van der Waals surface area contributed by atoms with Crippen LogP contribution in [0.15, 0.2) is 24.3 Å². The van der Waals surface area contributed by atoms with Crippen LogP contribution in [-0.2, 0) is 0 Å². The highest BCUT2D eigenvalue weighted by Crippen LogP contribution is 2.17. The average Bonchev–Trinajstić information content (AvgIpc) is 2.89. The molecule has 0 bridgehead atoms. The number of amides is 1. The van der Waals surface area contributed by atoms with Crippen molar-refractivity contribution >= 4 is 17.5 Å². The molecule has 0 aliphatic carbocycles. The van der Waals surface area contributed by atoms with E-state index in [4.69, 9.17) is 11.6 Å². The third-order valence-corrected chi connectivity index (χ3v) is 3.64. The molecule has 1 aromatic carbocycles. The van der Waals surface area contributed by atoms with Gasteiger partial charge in [-0.15, -0.1) is 0 Å². The van der Waals surface area contributed by atoms with Crippen molar-refractivity contribution in [1.29, 1.82) is 0 Å². The summed E-state index contributed by atoms with van der Waals surface area (Å²) in [6.45, 7) is 6.97. The number of nitrogens with zero attached hydrogens (tertiary/aromatic N) is 1. The SMILES string of the molecule is CC(C)CN(C(=O)c1ccc(Cl)cc1)C1CCNC1. The smallest absolute Gasteiger partial charge is 0.254 e. The van der Waals surface area contributed by atoms with Crippen molar-refractivity contribution in [3.63, 3.8) is 0 Å². The minimum Gasteiger partial charge on any atom is -0.334 e. The molecule has 19 heavy (non-hydrogen) atoms. The van der Waals surface area contributed by atoms with Crippen LogP contribution in [0.2, 0.25) is 5.02 Å². The Bertz CT molecular complexity index is 424. The van der Waals surface area contributed by atoms with Gasteiger partial charge in [0.2, 0.25) is 0 Å². The fraction of sp³-hybridized carbons (Fsp3) is 0.533. The predicted molar refractivity (Wildman–Crippen MR) is 78.6 cm³/mol. The normalized spacial score (nSPS) is 18.8. The Labute approximate surface area is 119 Å². The van der Waals surface area contributed by atoms with Crippen molar-refractivity contribution in [3.8, 4) is 0 Å². The summed E-state index contributed by atoms with van der Waals surface area (Å²) in [5.74, 6) is 0.580. The molecule has 1 aliphatic rings. The molecule has 1 atom stereocenters. The van der Waals surface area contributed by atoms with E-state index < -0.39 is 0 Å². The Hall–Kier alpha value is -1.06. The highest BCUT2D eigenvalue weighted by Gasteiger charge is 2.27. The zero-order valence-electron chi connectivity index (χ0n) is 11.5. The van der Waals surface area contributed by atoms with Crippen molar-refractivity contribution in [2.75, 3.05) is 19.6 Å². The molecule has 0 spiro atoms. The van der Waals surface area contributed by atoms with E-state index in [1.54, 1.807) is 24.3 Å². The zero-order valence-corrected chi connectivity index (χ0v) is 12.3. The molecular weight excluding hydrogens is 260 g/mol. The van der Waals surface area contributed by atoms with Crippen LogP contribution in [0.3, 0.4) is 0 Å². The number of hydrogen-bond acceptors (Lipinski definition) is 2. The summed E-state index contributed by atoms with van der Waals surface area (Å²) in [7, 11) is 0. The van der Waals surface area contributed by atoms with Crippen molar-refractivity contribution < 1.29 is 4.79 Å². The number of nitrogens with one attached hydrogen (secondary N) is 1. The fourth-order valence-corrected chi connectivity index (χ4v) is 2.58. The predicted octanol–water partition coefficient (Wildman–Crippen LogP) is 2.80. The standard InChI is InChI=1S/C15H21ClN2O/c1-11(2)10-18(14-7-8-17-9-14)15(19)12-3-5-13(16)6-4-12/h3-6,11,14,17H,7-10H2,1-2H3. The van der Waals surface area contributed by atoms with E-state index in [9.17, 15) is 4.79 Å². The summed E-state index contributed by atoms with van der Waals surface area (Å²) in [4.78, 5) is 14.6. The van der Waals surface area contributed by atoms with Gasteiger partial charge in [0, 0.05) is 29.7 Å². The lowest BCUT2D eigenvalue weighted by atomic mass is 10.1. The maximum absolute atomic E-state index is 12.6. The molecule has 1 saturated heterocycles. The second-order valence-corrected chi connectivity index (χ2v) is 5.94. The highest BCUT2D eigenvalue weighted by molar-refractivity contribution is 6.30. The van der Waals surface area contributed by atoms with Crippen LogP contribution < -0.4 is 5.32 Å². The van der Waals surface area contributed by atoms with Gasteiger partial charge in [-0.05, 0) is 43.1 Å². The lowest BCUT2D eigenvalue weighted by molar-refractivity contribution is 0.0667. The van der Waals surface area contributed by atoms with E-state index in [0.29, 0.717) is 17.0 Å². The van der Waals surface area contributed by atoms with Gasteiger partial charge in [-0.2, -0.15) is 0 Å². The molecule has 104 valence electrons. The highest BCUT2D eigenvalue weighted by atomic mass is 35.5. The molecular formula is C15H21ClN2O. The zero-order chi connectivity index (χ0) is 13.8. The van der Waals surface area contributed by atoms with Crippen LogP contribution >= 0.6 is 11.6 Å². The molecule has 0 radical (unpaired) electrons. The Kier molecular flexibility index (Phi) is 4.83. The molecule has 1 unspecified atom stereocenters. The third-order valence-electron chi connectivity index (χ3n) is 3.39. The van der Waals surface area contributed by atoms with Gasteiger partial charge in [0.25, 0.3) is 5.91 Å². The molecule has 1 amide bonds. The van der Waals surface area contributed by atoms with Crippen molar-refractivity contribution in [1.82, 2.24) is 10.2 Å². The first-order valence-corrected chi connectivity index (χ1v) is 7.23. The summed E-state index contributed by atoms with van der Waals surface area (Å²) in [5, 5.41) is 3.99. The number of carbonyl (C=O) groups excluding carboxylic acids is 1. The number of rotatable bonds is 4. The summed E-state index contributed by atoms with van der Waals surface area (Å²) in [6.07, 6.45) is 1.03. The Morgan fingerprint density at radius 3 is 2.63 bits per heavy atom. The van der Waals surface area contributed by atoms with E-state index in [1.165, 1.54) is 0 Å². The first kappa shape index (κ1) is 14.4. The molecule has 0 aromatic heterocycles. The average molecular weight is 281 g/mol. The maximum Gasteiger partial charge on any atom is 0.254 e. The topological polar surface area (TPSA) is 32.3 Å². The number of benzene rings is 1. The van der Waals surface area contributed by atoms with E-state index in [2.05, 4.69) is 19.2 Å². The first-order valence-electron chi connectivity index (χ1n) is 6.85. The van der Waals surface area contributed by atoms with Gasteiger partial charge in [0.1, 0.15) is 0 Å². The molecule has 1 aliphatic heterocycles. The largest absolute Gasteiger partial charge is 0.334 e. The van der Waals surface area contributed by atoms with Gasteiger partial charge in [0.15, 0.2) is 0 Å². The van der Waals surface area contributed by atoms with Crippen molar-refractivity contribution in [2.45, 2.75) is 26.3 Å². The van der Waals surface area contributed by atoms with Gasteiger partial charge in [-0.3, -0.25) is 4.79 Å². The van der Waals surface area contributed by atoms with Crippen LogP contribution in [0.1, 0.15) is 30.6 Å². The van der Waals surface area contributed by atoms with E-state index in [1.807, 2.05) is 4.90 Å². The molecule has 3 nitrogen and oxygen atoms in total. The summed E-state index contributed by atoms with van der Waals surface area (Å²) in [6, 6.07) is 7.47. The number of hydrogen-bond donors (Lipinski definition) is 1. The van der Waals surface area contributed by atoms with Crippen LogP contribution in [0.5, 0.6) is 0 Å². The first-order chi connectivity index (χ1) is 9.08. The van der Waals surface area contributed by atoms with Crippen molar-refractivity contribution in [2.24, 2.45) is 5.92 Å². The molecule has 1 aromatic rings. The van der Waals surface area contributed by atoms with Gasteiger partial charge < -0.3 is 10.2 Å². The fourth-order valence-electron chi connectivity index (χ4n) is 2.45. The second-order valence-electron chi connectivity index (χ2n) is 5.50. The van der Waals surface area contributed by atoms with Gasteiger partial charge in [-0.1, -0.05) is 25.4 Å². The molecule has 1 fully saturated rings. The number of halogens is 1. The summed E-state index contributed by atoms with van der Waals surface area (Å²) < 4.78 is 0. The second kappa shape index (κ2) is 6.40. The molecule has 1 heterocycles. The van der Waals surface area contributed by atoms with Crippen molar-refractivity contribution in [3.05, 3.63) is 34.9 Å². The van der Waals surface area contributed by atoms with Crippen LogP contribution in [0.4, 0.5) is 0 Å². The maximum atomic E-state index is 12.6. The lowest BCUT2D eigenvalue weighted by Crippen LogP contribution is -2.43. The quantitative estimate of drug-likeness (QED) is 0.920. The molecule has 1 N–H and O–H groups in total. The van der Waals surface area contributed by atoms with Gasteiger partial charge in [-0.25, -0.2) is 0 Å². The molecule has 0 saturated carbocycles.